The normalized spacial score (nSPS) is 10.6. The number of carbonyl (C=O) groups is 1. The van der Waals surface area contributed by atoms with E-state index in [1.54, 1.807) is 24.4 Å². The molecule has 104 valence electrons. The Morgan fingerprint density at radius 3 is 2.76 bits per heavy atom. The molecule has 0 bridgehead atoms. The number of para-hydroxylation sites is 1. The molecule has 0 aliphatic carbocycles. The molecule has 0 unspecified atom stereocenters. The standard InChI is InChI=1S/C15H9BrClN3O/c16-13-6-5-9(8-18-13)19-15(21)11-7-14(17)20-12-4-2-1-3-10(11)12/h1-8H,(H,19,21). The average molecular weight is 363 g/mol. The van der Waals surface area contributed by atoms with E-state index in [1.165, 1.54) is 0 Å². The minimum atomic E-state index is -0.250. The van der Waals surface area contributed by atoms with Gasteiger partial charge >= 0.3 is 0 Å². The van der Waals surface area contributed by atoms with Crippen molar-refractivity contribution in [3.05, 3.63) is 64.0 Å². The van der Waals surface area contributed by atoms with Gasteiger partial charge in [0.15, 0.2) is 0 Å². The average Bonchev–Trinajstić information content (AvgIpc) is 2.48. The Morgan fingerprint density at radius 1 is 1.19 bits per heavy atom. The number of hydrogen-bond donors (Lipinski definition) is 1. The summed E-state index contributed by atoms with van der Waals surface area (Å²) in [5.41, 5.74) is 1.78. The van der Waals surface area contributed by atoms with Crippen molar-refractivity contribution in [2.45, 2.75) is 0 Å². The number of halogens is 2. The number of anilines is 1. The maximum absolute atomic E-state index is 12.4. The van der Waals surface area contributed by atoms with Crippen molar-refractivity contribution >= 4 is 50.0 Å². The zero-order valence-electron chi connectivity index (χ0n) is 10.7. The quantitative estimate of drug-likeness (QED) is 0.692. The summed E-state index contributed by atoms with van der Waals surface area (Å²) < 4.78 is 0.706. The van der Waals surface area contributed by atoms with Crippen molar-refractivity contribution in [3.8, 4) is 0 Å². The number of hydrogen-bond acceptors (Lipinski definition) is 3. The first kappa shape index (κ1) is 14.0. The first-order valence-corrected chi connectivity index (χ1v) is 7.29. The van der Waals surface area contributed by atoms with Gasteiger partial charge in [-0.25, -0.2) is 9.97 Å². The molecule has 1 amide bonds. The summed E-state index contributed by atoms with van der Waals surface area (Å²) in [5, 5.41) is 3.84. The Morgan fingerprint density at radius 2 is 2.00 bits per heavy atom. The Balaban J connectivity index is 1.99. The van der Waals surface area contributed by atoms with E-state index in [9.17, 15) is 4.79 Å². The fraction of sp³-hybridized carbons (Fsp3) is 0. The lowest BCUT2D eigenvalue weighted by Crippen LogP contribution is -2.13. The molecule has 0 saturated heterocycles. The highest BCUT2D eigenvalue weighted by atomic mass is 79.9. The zero-order valence-corrected chi connectivity index (χ0v) is 13.0. The van der Waals surface area contributed by atoms with Crippen LogP contribution in [0.25, 0.3) is 10.9 Å². The lowest BCUT2D eigenvalue weighted by atomic mass is 10.1. The predicted molar refractivity (Wildman–Crippen MR) is 86.6 cm³/mol. The second-order valence-corrected chi connectivity index (χ2v) is 5.53. The van der Waals surface area contributed by atoms with E-state index in [4.69, 9.17) is 11.6 Å². The number of nitrogens with one attached hydrogen (secondary N) is 1. The van der Waals surface area contributed by atoms with E-state index in [-0.39, 0.29) is 11.1 Å². The smallest absolute Gasteiger partial charge is 0.256 e. The van der Waals surface area contributed by atoms with Crippen LogP contribution in [-0.4, -0.2) is 15.9 Å². The fourth-order valence-electron chi connectivity index (χ4n) is 1.98. The maximum atomic E-state index is 12.4. The van der Waals surface area contributed by atoms with Crippen LogP contribution in [-0.2, 0) is 0 Å². The Labute approximate surface area is 134 Å². The number of aromatic nitrogens is 2. The molecule has 1 N–H and O–H groups in total. The zero-order chi connectivity index (χ0) is 14.8. The lowest BCUT2D eigenvalue weighted by Gasteiger charge is -2.08. The van der Waals surface area contributed by atoms with Crippen LogP contribution < -0.4 is 5.32 Å². The topological polar surface area (TPSA) is 54.9 Å². The van der Waals surface area contributed by atoms with Gasteiger partial charge in [0.05, 0.1) is 23.0 Å². The molecule has 0 radical (unpaired) electrons. The summed E-state index contributed by atoms with van der Waals surface area (Å²) in [4.78, 5) is 20.7. The van der Waals surface area contributed by atoms with Crippen LogP contribution in [0.5, 0.6) is 0 Å². The molecule has 3 rings (SSSR count). The van der Waals surface area contributed by atoms with Gasteiger partial charge < -0.3 is 5.32 Å². The van der Waals surface area contributed by atoms with E-state index < -0.39 is 0 Å². The van der Waals surface area contributed by atoms with Crippen LogP contribution in [0.1, 0.15) is 10.4 Å². The molecule has 0 spiro atoms. The van der Waals surface area contributed by atoms with E-state index >= 15 is 0 Å². The molecule has 0 fully saturated rings. The fourth-order valence-corrected chi connectivity index (χ4v) is 2.41. The van der Waals surface area contributed by atoms with Crippen molar-refractivity contribution in [1.29, 1.82) is 0 Å². The summed E-state index contributed by atoms with van der Waals surface area (Å²) in [6.07, 6.45) is 1.58. The molecule has 0 aliphatic rings. The van der Waals surface area contributed by atoms with Crippen molar-refractivity contribution < 1.29 is 4.79 Å². The van der Waals surface area contributed by atoms with Gasteiger partial charge in [-0.3, -0.25) is 4.79 Å². The second-order valence-electron chi connectivity index (χ2n) is 4.33. The van der Waals surface area contributed by atoms with Crippen molar-refractivity contribution in [1.82, 2.24) is 9.97 Å². The Hall–Kier alpha value is -1.98. The molecule has 6 heteroatoms. The summed E-state index contributed by atoms with van der Waals surface area (Å²) in [6, 6.07) is 12.5. The number of pyridine rings is 2. The molecule has 21 heavy (non-hydrogen) atoms. The minimum absolute atomic E-state index is 0.250. The lowest BCUT2D eigenvalue weighted by molar-refractivity contribution is 0.102. The van der Waals surface area contributed by atoms with Gasteiger partial charge in [0, 0.05) is 5.39 Å². The van der Waals surface area contributed by atoms with Crippen LogP contribution in [0, 0.1) is 0 Å². The molecule has 2 heterocycles. The third-order valence-electron chi connectivity index (χ3n) is 2.91. The van der Waals surface area contributed by atoms with Gasteiger partial charge in [-0.15, -0.1) is 0 Å². The molecule has 2 aromatic heterocycles. The summed E-state index contributed by atoms with van der Waals surface area (Å²) in [6.45, 7) is 0. The van der Waals surface area contributed by atoms with Crippen LogP contribution in [0.2, 0.25) is 5.15 Å². The highest BCUT2D eigenvalue weighted by Crippen LogP contribution is 2.22. The number of amides is 1. The largest absolute Gasteiger partial charge is 0.321 e. The summed E-state index contributed by atoms with van der Waals surface area (Å²) in [7, 11) is 0. The molecule has 0 aliphatic heterocycles. The first-order chi connectivity index (χ1) is 10.1. The van der Waals surface area contributed by atoms with Crippen molar-refractivity contribution in [2.75, 3.05) is 5.32 Å². The maximum Gasteiger partial charge on any atom is 0.256 e. The van der Waals surface area contributed by atoms with Crippen LogP contribution in [0.15, 0.2) is 53.3 Å². The summed E-state index contributed by atoms with van der Waals surface area (Å²) in [5.74, 6) is -0.250. The number of benzene rings is 1. The summed E-state index contributed by atoms with van der Waals surface area (Å²) >= 11 is 9.23. The number of carbonyl (C=O) groups excluding carboxylic acids is 1. The number of nitrogens with zero attached hydrogens (tertiary/aromatic N) is 2. The predicted octanol–water partition coefficient (Wildman–Crippen LogP) is 4.30. The van der Waals surface area contributed by atoms with Crippen molar-refractivity contribution in [2.24, 2.45) is 0 Å². The molecule has 3 aromatic rings. The Bertz CT molecular complexity index is 821. The molecular weight excluding hydrogens is 354 g/mol. The monoisotopic (exact) mass is 361 g/mol. The first-order valence-electron chi connectivity index (χ1n) is 6.12. The minimum Gasteiger partial charge on any atom is -0.321 e. The van der Waals surface area contributed by atoms with Gasteiger partial charge in [0.2, 0.25) is 0 Å². The number of fused-ring (bicyclic) bond motifs is 1. The third kappa shape index (κ3) is 3.04. The molecular formula is C15H9BrClN3O. The molecule has 1 aromatic carbocycles. The second kappa shape index (κ2) is 5.79. The molecule has 0 atom stereocenters. The number of rotatable bonds is 2. The van der Waals surface area contributed by atoms with E-state index in [0.717, 1.165) is 5.39 Å². The van der Waals surface area contributed by atoms with Crippen LogP contribution in [0.3, 0.4) is 0 Å². The van der Waals surface area contributed by atoms with Crippen molar-refractivity contribution in [3.63, 3.8) is 0 Å². The highest BCUT2D eigenvalue weighted by Gasteiger charge is 2.12. The van der Waals surface area contributed by atoms with E-state index in [2.05, 4.69) is 31.2 Å². The van der Waals surface area contributed by atoms with Gasteiger partial charge in [-0.1, -0.05) is 29.8 Å². The SMILES string of the molecule is O=C(Nc1ccc(Br)nc1)c1cc(Cl)nc2ccccc12. The third-order valence-corrected chi connectivity index (χ3v) is 3.58. The van der Waals surface area contributed by atoms with Crippen LogP contribution in [0.4, 0.5) is 5.69 Å². The van der Waals surface area contributed by atoms with E-state index in [0.29, 0.717) is 21.4 Å². The van der Waals surface area contributed by atoms with Gasteiger partial charge in [-0.2, -0.15) is 0 Å². The van der Waals surface area contributed by atoms with Gasteiger partial charge in [0.25, 0.3) is 5.91 Å². The van der Waals surface area contributed by atoms with E-state index in [1.807, 2.05) is 24.3 Å². The molecule has 4 nitrogen and oxygen atoms in total. The van der Waals surface area contributed by atoms with Gasteiger partial charge in [-0.05, 0) is 40.2 Å². The van der Waals surface area contributed by atoms with Gasteiger partial charge in [0.1, 0.15) is 9.76 Å². The highest BCUT2D eigenvalue weighted by molar-refractivity contribution is 9.10. The Kier molecular flexibility index (Phi) is 3.86. The molecule has 0 saturated carbocycles. The van der Waals surface area contributed by atoms with Crippen LogP contribution >= 0.6 is 27.5 Å².